The lowest BCUT2D eigenvalue weighted by Gasteiger charge is -2.34. The first-order valence-electron chi connectivity index (χ1n) is 12.2. The molecule has 0 fully saturated rings. The number of hydrogen-bond donors (Lipinski definition) is 2. The summed E-state index contributed by atoms with van der Waals surface area (Å²) < 4.78 is 41.1. The highest BCUT2D eigenvalue weighted by Gasteiger charge is 2.61. The molecule has 2 N–H and O–H groups in total. The number of nitrogens with one attached hydrogen (secondary N) is 1. The van der Waals surface area contributed by atoms with Crippen molar-refractivity contribution in [1.29, 1.82) is 0 Å². The third-order valence-electron chi connectivity index (χ3n) is 5.43. The number of hydroxylamine groups is 1. The van der Waals surface area contributed by atoms with Crippen LogP contribution in [0.4, 0.5) is 9.18 Å². The minimum atomic E-state index is -2.86. The van der Waals surface area contributed by atoms with Gasteiger partial charge in [-0.15, -0.1) is 0 Å². The molecule has 10 heteroatoms. The molecule has 0 bridgehead atoms. The Labute approximate surface area is 216 Å². The molecule has 1 aliphatic heterocycles. The van der Waals surface area contributed by atoms with E-state index in [-0.39, 0.29) is 31.4 Å². The fourth-order valence-corrected chi connectivity index (χ4v) is 3.92. The molecule has 0 spiro atoms. The molecule has 0 saturated carbocycles. The van der Waals surface area contributed by atoms with Crippen molar-refractivity contribution >= 4 is 18.0 Å². The van der Waals surface area contributed by atoms with Crippen molar-refractivity contribution in [1.82, 2.24) is 5.48 Å². The van der Waals surface area contributed by atoms with Crippen molar-refractivity contribution in [2.45, 2.75) is 64.5 Å². The monoisotopic (exact) mass is 519 g/mol. The van der Waals surface area contributed by atoms with Gasteiger partial charge in [-0.1, -0.05) is 47.1 Å². The first-order chi connectivity index (χ1) is 17.3. The Balaban J connectivity index is 2.09. The van der Waals surface area contributed by atoms with E-state index in [1.807, 2.05) is 35.8 Å². The van der Waals surface area contributed by atoms with Crippen LogP contribution in [-0.4, -0.2) is 64.3 Å². The first-order valence-corrected chi connectivity index (χ1v) is 12.2. The molecule has 202 valence electrons. The molecular formula is C27H36FN2O7+. The summed E-state index contributed by atoms with van der Waals surface area (Å²) in [4.78, 5) is 26.6. The lowest BCUT2D eigenvalue weighted by atomic mass is 9.83. The van der Waals surface area contributed by atoms with Crippen LogP contribution in [0.2, 0.25) is 0 Å². The highest BCUT2D eigenvalue weighted by Crippen LogP contribution is 2.41. The van der Waals surface area contributed by atoms with Gasteiger partial charge in [-0.2, -0.15) is 4.79 Å². The zero-order chi connectivity index (χ0) is 27.4. The van der Waals surface area contributed by atoms with E-state index in [0.29, 0.717) is 0 Å². The van der Waals surface area contributed by atoms with Crippen LogP contribution in [-0.2, 0) is 23.7 Å². The highest BCUT2D eigenvalue weighted by molar-refractivity contribution is 5.94. The number of esters is 1. The standard InChI is InChI=1S/C27H36FN2O7/c1-25(2,3)36-23(31)27(28)19(13-10-14-21(27)34-16-15-29-33)22-30(24(32)37-26(4,5)6)17-20(35-22)18-11-8-7-9-12-18/h7-14,19-20,29,33H,15-17H2,1-6H3/q+1/t19?,20-,27?/m0/s1. The molecular weight excluding hydrogens is 483 g/mol. The maximum absolute atomic E-state index is 17.1. The van der Waals surface area contributed by atoms with Gasteiger partial charge < -0.3 is 24.2 Å². The second-order valence-corrected chi connectivity index (χ2v) is 10.8. The quantitative estimate of drug-likeness (QED) is 0.239. The van der Waals surface area contributed by atoms with E-state index in [1.165, 1.54) is 22.8 Å². The lowest BCUT2D eigenvalue weighted by Crippen LogP contribution is -2.52. The number of amides is 1. The Hall–Kier alpha value is -3.24. The maximum atomic E-state index is 17.1. The third-order valence-corrected chi connectivity index (χ3v) is 5.43. The van der Waals surface area contributed by atoms with E-state index in [2.05, 4.69) is 0 Å². The Morgan fingerprint density at radius 1 is 1.14 bits per heavy atom. The van der Waals surface area contributed by atoms with E-state index in [1.54, 1.807) is 41.5 Å². The van der Waals surface area contributed by atoms with Gasteiger partial charge >= 0.3 is 18.0 Å². The molecule has 1 aromatic carbocycles. The highest BCUT2D eigenvalue weighted by atomic mass is 19.1. The molecule has 0 radical (unpaired) electrons. The Morgan fingerprint density at radius 3 is 2.38 bits per heavy atom. The Kier molecular flexibility index (Phi) is 8.44. The van der Waals surface area contributed by atoms with Gasteiger partial charge in [-0.3, -0.25) is 0 Å². The summed E-state index contributed by atoms with van der Waals surface area (Å²) >= 11 is 0. The number of halogens is 1. The van der Waals surface area contributed by atoms with Gasteiger partial charge in [0.15, 0.2) is 18.6 Å². The summed E-state index contributed by atoms with van der Waals surface area (Å²) in [7, 11) is 0. The van der Waals surface area contributed by atoms with Gasteiger partial charge in [0, 0.05) is 0 Å². The Morgan fingerprint density at radius 2 is 1.78 bits per heavy atom. The molecule has 3 rings (SSSR count). The molecule has 0 saturated heterocycles. The van der Waals surface area contributed by atoms with Crippen molar-refractivity contribution < 1.29 is 42.7 Å². The molecule has 2 aliphatic rings. The first kappa shape index (κ1) is 28.3. The van der Waals surface area contributed by atoms with Gasteiger partial charge in [0.25, 0.3) is 5.67 Å². The number of allylic oxidation sites excluding steroid dienone is 2. The number of ether oxygens (including phenoxy) is 4. The van der Waals surface area contributed by atoms with Gasteiger partial charge in [0.2, 0.25) is 0 Å². The number of carbonyl (C=O) groups excluding carboxylic acids is 2. The van der Waals surface area contributed by atoms with Gasteiger partial charge in [-0.05, 0) is 53.2 Å². The van der Waals surface area contributed by atoms with Crippen LogP contribution in [0.5, 0.6) is 0 Å². The number of hydrogen-bond acceptors (Lipinski definition) is 8. The maximum Gasteiger partial charge on any atom is 0.599 e. The predicted octanol–water partition coefficient (Wildman–Crippen LogP) is 4.22. The van der Waals surface area contributed by atoms with Crippen molar-refractivity contribution in [3.63, 3.8) is 0 Å². The van der Waals surface area contributed by atoms with Crippen molar-refractivity contribution in [2.75, 3.05) is 19.7 Å². The van der Waals surface area contributed by atoms with E-state index < -0.39 is 41.0 Å². The molecule has 9 nitrogen and oxygen atoms in total. The van der Waals surface area contributed by atoms with Crippen LogP contribution in [0.25, 0.3) is 0 Å². The number of benzene rings is 1. The molecule has 3 atom stereocenters. The molecule has 0 aromatic heterocycles. The zero-order valence-electron chi connectivity index (χ0n) is 22.1. The largest absolute Gasteiger partial charge is 0.599 e. The van der Waals surface area contributed by atoms with E-state index in [0.717, 1.165) is 5.56 Å². The van der Waals surface area contributed by atoms with Crippen LogP contribution >= 0.6 is 0 Å². The fourth-order valence-electron chi connectivity index (χ4n) is 3.92. The molecule has 1 heterocycles. The number of alkyl halides is 1. The number of carbonyl (C=O) groups is 2. The summed E-state index contributed by atoms with van der Waals surface area (Å²) in [5, 5.41) is 8.91. The molecule has 2 unspecified atom stereocenters. The second kappa shape index (κ2) is 11.0. The topological polar surface area (TPSA) is 106 Å². The number of rotatable bonds is 7. The smallest absolute Gasteiger partial charge is 0.492 e. The SMILES string of the molecule is CC(C)(C)OC(=O)[N+]1=C(C2C=CC=C(OCCNO)C2(F)C(=O)OC(C)(C)C)O[C@H](c2ccccc2)C1. The van der Waals surface area contributed by atoms with Crippen LogP contribution in [0.15, 0.2) is 54.3 Å². The van der Waals surface area contributed by atoms with Gasteiger partial charge in [-0.25, -0.2) is 14.7 Å². The summed E-state index contributed by atoms with van der Waals surface area (Å²) in [6, 6.07) is 9.19. The molecule has 1 aliphatic carbocycles. The van der Waals surface area contributed by atoms with Gasteiger partial charge in [0.05, 0.1) is 6.54 Å². The zero-order valence-corrected chi connectivity index (χ0v) is 22.1. The van der Waals surface area contributed by atoms with Crippen molar-refractivity contribution in [2.24, 2.45) is 5.92 Å². The average molecular weight is 520 g/mol. The van der Waals surface area contributed by atoms with Crippen LogP contribution in [0.1, 0.15) is 53.2 Å². The van der Waals surface area contributed by atoms with Crippen molar-refractivity contribution in [3.05, 3.63) is 59.9 Å². The van der Waals surface area contributed by atoms with Gasteiger partial charge in [0.1, 0.15) is 23.6 Å². The van der Waals surface area contributed by atoms with Crippen LogP contribution < -0.4 is 5.48 Å². The van der Waals surface area contributed by atoms with E-state index in [4.69, 9.17) is 24.2 Å². The lowest BCUT2D eigenvalue weighted by molar-refractivity contribution is -0.447. The summed E-state index contributed by atoms with van der Waals surface area (Å²) in [6.07, 6.45) is 2.92. The second-order valence-electron chi connectivity index (χ2n) is 10.8. The summed E-state index contributed by atoms with van der Waals surface area (Å²) in [5.41, 5.74) is -1.98. The number of nitrogens with zero attached hydrogens (tertiary/aromatic N) is 1. The minimum Gasteiger partial charge on any atom is -0.492 e. The predicted molar refractivity (Wildman–Crippen MR) is 133 cm³/mol. The van der Waals surface area contributed by atoms with Crippen LogP contribution in [0, 0.1) is 5.92 Å². The Bertz CT molecular complexity index is 1090. The normalized spacial score (nSPS) is 23.8. The van der Waals surface area contributed by atoms with Crippen molar-refractivity contribution in [3.8, 4) is 0 Å². The van der Waals surface area contributed by atoms with Crippen LogP contribution in [0.3, 0.4) is 0 Å². The molecule has 37 heavy (non-hydrogen) atoms. The van der Waals surface area contributed by atoms with E-state index >= 15 is 4.39 Å². The van der Waals surface area contributed by atoms with E-state index in [9.17, 15) is 9.59 Å². The fraction of sp³-hybridized carbons (Fsp3) is 0.519. The third kappa shape index (κ3) is 6.75. The molecule has 1 aromatic rings. The average Bonchev–Trinajstić information content (AvgIpc) is 3.24. The summed E-state index contributed by atoms with van der Waals surface area (Å²) in [5.74, 6) is -3.01. The molecule has 1 amide bonds. The summed E-state index contributed by atoms with van der Waals surface area (Å²) in [6.45, 7) is 9.96. The minimum absolute atomic E-state index is 0.0106.